The number of hydrogen-bond donors (Lipinski definition) is 0. The van der Waals surface area contributed by atoms with E-state index in [1.165, 1.54) is 7.11 Å². The molecule has 0 saturated heterocycles. The first-order chi connectivity index (χ1) is 5.94. The van der Waals surface area contributed by atoms with Crippen molar-refractivity contribution in [2.45, 2.75) is 24.7 Å². The van der Waals surface area contributed by atoms with Crippen molar-refractivity contribution in [2.75, 3.05) is 27.7 Å². The van der Waals surface area contributed by atoms with Gasteiger partial charge in [0.2, 0.25) is 0 Å². The zero-order valence-corrected chi connectivity index (χ0v) is 10.4. The molecule has 0 amide bonds. The number of carbonyl (C=O) groups excluding carboxylic acids is 1. The summed E-state index contributed by atoms with van der Waals surface area (Å²) in [6.45, 7) is 3.17. The number of ether oxygens (including phenoxy) is 1. The maximum absolute atomic E-state index is 10.9. The number of hydrogen-bond acceptors (Lipinski definition) is 2. The summed E-state index contributed by atoms with van der Waals surface area (Å²) in [5, 5.41) is 0. The van der Waals surface area contributed by atoms with Crippen molar-refractivity contribution >= 4 is 21.9 Å². The predicted molar refractivity (Wildman–Crippen MR) is 56.6 cm³/mol. The topological polar surface area (TPSA) is 26.3 Å². The van der Waals surface area contributed by atoms with Crippen molar-refractivity contribution in [3.8, 4) is 0 Å². The molecule has 78 valence electrons. The predicted octanol–water partition coefficient (Wildman–Crippen LogP) is 1.76. The fourth-order valence-corrected chi connectivity index (χ4v) is 1.41. The molecule has 0 aliphatic rings. The van der Waals surface area contributed by atoms with Gasteiger partial charge in [-0.2, -0.15) is 0 Å². The third kappa shape index (κ3) is 4.62. The summed E-state index contributed by atoms with van der Waals surface area (Å²) in [6, 6.07) is 0. The van der Waals surface area contributed by atoms with E-state index in [0.717, 1.165) is 17.4 Å². The molecule has 0 radical (unpaired) electrons. The summed E-state index contributed by atoms with van der Waals surface area (Å²) in [4.78, 5) is 11.2. The minimum atomic E-state index is -0.138. The van der Waals surface area contributed by atoms with Crippen molar-refractivity contribution in [1.82, 2.24) is 0 Å². The second-order valence-corrected chi connectivity index (χ2v) is 4.70. The molecule has 0 aromatic heterocycles. The Balaban J connectivity index is 3.87. The quantitative estimate of drug-likeness (QED) is 0.323. The monoisotopic (exact) mass is 252 g/mol. The lowest BCUT2D eigenvalue weighted by atomic mass is 10.3. The van der Waals surface area contributed by atoms with E-state index in [9.17, 15) is 4.79 Å². The third-order valence-electron chi connectivity index (χ3n) is 2.39. The van der Waals surface area contributed by atoms with Crippen LogP contribution >= 0.6 is 15.9 Å². The average Bonchev–Trinajstić information content (AvgIpc) is 2.13. The smallest absolute Gasteiger partial charge is 0.305 e. The fourth-order valence-electron chi connectivity index (χ4n) is 0.887. The summed E-state index contributed by atoms with van der Waals surface area (Å²) in [6.07, 6.45) is 1.29. The van der Waals surface area contributed by atoms with Crippen LogP contribution in [-0.4, -0.2) is 43.2 Å². The molecule has 1 unspecified atom stereocenters. The molecule has 3 nitrogen and oxygen atoms in total. The Kier molecular flexibility index (Phi) is 5.56. The van der Waals surface area contributed by atoms with Gasteiger partial charge in [-0.25, -0.2) is 0 Å². The highest BCUT2D eigenvalue weighted by molar-refractivity contribution is 9.09. The summed E-state index contributed by atoms with van der Waals surface area (Å²) >= 11 is 3.58. The van der Waals surface area contributed by atoms with Gasteiger partial charge in [0.1, 0.15) is 4.95 Å². The van der Waals surface area contributed by atoms with Crippen LogP contribution in [0.25, 0.3) is 0 Å². The Morgan fingerprint density at radius 1 is 1.54 bits per heavy atom. The van der Waals surface area contributed by atoms with Gasteiger partial charge in [-0.3, -0.25) is 4.79 Å². The van der Waals surface area contributed by atoms with E-state index in [1.54, 1.807) is 0 Å². The Labute approximate surface area is 88.8 Å². The van der Waals surface area contributed by atoms with Gasteiger partial charge < -0.3 is 9.22 Å². The molecule has 4 heteroatoms. The van der Waals surface area contributed by atoms with Gasteiger partial charge in [-0.15, -0.1) is 0 Å². The molecule has 0 aliphatic heterocycles. The second kappa shape index (κ2) is 5.60. The van der Waals surface area contributed by atoms with E-state index in [1.807, 2.05) is 0 Å². The van der Waals surface area contributed by atoms with Crippen LogP contribution in [0.3, 0.4) is 0 Å². The van der Waals surface area contributed by atoms with Crippen LogP contribution in [0.15, 0.2) is 0 Å². The van der Waals surface area contributed by atoms with Gasteiger partial charge in [0.15, 0.2) is 0 Å². The lowest BCUT2D eigenvalue weighted by molar-refractivity contribution is -0.897. The molecule has 0 saturated carbocycles. The highest BCUT2D eigenvalue weighted by atomic mass is 79.9. The van der Waals surface area contributed by atoms with Gasteiger partial charge in [0, 0.05) is 6.42 Å². The van der Waals surface area contributed by atoms with Gasteiger partial charge in [0.05, 0.1) is 34.2 Å². The van der Waals surface area contributed by atoms with Gasteiger partial charge in [-0.1, -0.05) is 0 Å². The number of rotatable bonds is 5. The first-order valence-electron chi connectivity index (χ1n) is 4.47. The van der Waals surface area contributed by atoms with E-state index in [0.29, 0.717) is 11.4 Å². The van der Waals surface area contributed by atoms with Crippen LogP contribution in [-0.2, 0) is 9.53 Å². The average molecular weight is 253 g/mol. The zero-order valence-electron chi connectivity index (χ0n) is 8.84. The number of carbonyl (C=O) groups is 1. The van der Waals surface area contributed by atoms with Gasteiger partial charge in [0.25, 0.3) is 0 Å². The number of esters is 1. The first-order valence-corrected chi connectivity index (χ1v) is 5.39. The van der Waals surface area contributed by atoms with Crippen LogP contribution < -0.4 is 0 Å². The van der Waals surface area contributed by atoms with E-state index in [2.05, 4.69) is 41.7 Å². The van der Waals surface area contributed by atoms with E-state index < -0.39 is 0 Å². The summed E-state index contributed by atoms with van der Waals surface area (Å²) in [5.74, 6) is -0.138. The van der Waals surface area contributed by atoms with Gasteiger partial charge >= 0.3 is 5.97 Å². The molecular weight excluding hydrogens is 234 g/mol. The SMILES string of the molecule is CC[N+](C)(C)C(Br)CCC(=O)OC. The van der Waals surface area contributed by atoms with Crippen molar-refractivity contribution in [2.24, 2.45) is 0 Å². The van der Waals surface area contributed by atoms with E-state index >= 15 is 0 Å². The number of nitrogens with zero attached hydrogens (tertiary/aromatic N) is 1. The molecule has 0 spiro atoms. The highest BCUT2D eigenvalue weighted by Crippen LogP contribution is 2.18. The zero-order chi connectivity index (χ0) is 10.5. The molecule has 1 atom stereocenters. The molecule has 13 heavy (non-hydrogen) atoms. The number of quaternary nitrogens is 1. The minimum Gasteiger partial charge on any atom is -0.469 e. The Morgan fingerprint density at radius 2 is 2.08 bits per heavy atom. The largest absolute Gasteiger partial charge is 0.469 e. The highest BCUT2D eigenvalue weighted by Gasteiger charge is 2.23. The Bertz CT molecular complexity index is 171. The summed E-state index contributed by atoms with van der Waals surface area (Å²) in [7, 11) is 5.69. The molecule has 0 aromatic rings. The molecule has 0 bridgehead atoms. The normalized spacial score (nSPS) is 13.9. The maximum atomic E-state index is 10.9. The standard InChI is InChI=1S/C9H19BrNO2/c1-5-11(2,3)8(10)6-7-9(12)13-4/h8H,5-7H2,1-4H3/q+1. The van der Waals surface area contributed by atoms with Crippen molar-refractivity contribution in [1.29, 1.82) is 0 Å². The van der Waals surface area contributed by atoms with Crippen LogP contribution in [0.1, 0.15) is 19.8 Å². The molecule has 0 aromatic carbocycles. The Morgan fingerprint density at radius 3 is 2.46 bits per heavy atom. The first kappa shape index (κ1) is 12.9. The number of alkyl halides is 1. The van der Waals surface area contributed by atoms with E-state index in [4.69, 9.17) is 0 Å². The molecule has 0 fully saturated rings. The number of methoxy groups -OCH3 is 1. The van der Waals surface area contributed by atoms with E-state index in [-0.39, 0.29) is 5.97 Å². The van der Waals surface area contributed by atoms with Gasteiger partial charge in [-0.05, 0) is 22.9 Å². The lowest BCUT2D eigenvalue weighted by Crippen LogP contribution is -2.45. The third-order valence-corrected chi connectivity index (χ3v) is 3.95. The van der Waals surface area contributed by atoms with Crippen LogP contribution in [0.5, 0.6) is 0 Å². The minimum absolute atomic E-state index is 0.138. The number of halogens is 1. The molecule has 0 aliphatic carbocycles. The van der Waals surface area contributed by atoms with Crippen LogP contribution in [0.2, 0.25) is 0 Å². The second-order valence-electron chi connectivity index (χ2n) is 3.64. The van der Waals surface area contributed by atoms with Crippen molar-refractivity contribution < 1.29 is 14.0 Å². The Hall–Kier alpha value is -0.0900. The molecular formula is C9H19BrNO2+. The van der Waals surface area contributed by atoms with Crippen molar-refractivity contribution in [3.63, 3.8) is 0 Å². The fraction of sp³-hybridized carbons (Fsp3) is 0.889. The van der Waals surface area contributed by atoms with Crippen LogP contribution in [0.4, 0.5) is 0 Å². The lowest BCUT2D eigenvalue weighted by Gasteiger charge is -2.33. The summed E-state index contributed by atoms with van der Waals surface area (Å²) in [5.41, 5.74) is 0. The van der Waals surface area contributed by atoms with Crippen LogP contribution in [0, 0.1) is 0 Å². The maximum Gasteiger partial charge on any atom is 0.305 e. The molecule has 0 rings (SSSR count). The molecule has 0 N–H and O–H groups in total. The summed E-state index contributed by atoms with van der Waals surface area (Å²) < 4.78 is 5.45. The molecule has 0 heterocycles. The van der Waals surface area contributed by atoms with Crippen molar-refractivity contribution in [3.05, 3.63) is 0 Å².